The summed E-state index contributed by atoms with van der Waals surface area (Å²) in [5, 5.41) is 0. The number of hydrogen-bond donors (Lipinski definition) is 1. The lowest BCUT2D eigenvalue weighted by Crippen LogP contribution is -2.37. The molecule has 0 saturated carbocycles. The second-order valence-electron chi connectivity index (χ2n) is 5.68. The molecule has 1 fully saturated rings. The molecule has 5 nitrogen and oxygen atoms in total. The average molecular weight is 277 g/mol. The highest BCUT2D eigenvalue weighted by Crippen LogP contribution is 2.19. The van der Waals surface area contributed by atoms with Crippen molar-refractivity contribution in [1.29, 1.82) is 0 Å². The number of aromatic nitrogens is 2. The fourth-order valence-electron chi connectivity index (χ4n) is 2.95. The largest absolute Gasteiger partial charge is 0.339 e. The van der Waals surface area contributed by atoms with E-state index in [0.29, 0.717) is 6.04 Å². The van der Waals surface area contributed by atoms with Gasteiger partial charge in [-0.25, -0.2) is 9.97 Å². The second kappa shape index (κ2) is 6.99. The van der Waals surface area contributed by atoms with Gasteiger partial charge in [-0.3, -0.25) is 4.90 Å². The summed E-state index contributed by atoms with van der Waals surface area (Å²) in [7, 11) is 0. The molecule has 0 amide bonds. The highest BCUT2D eigenvalue weighted by molar-refractivity contribution is 5.32. The molecule has 1 saturated heterocycles. The molecule has 0 aromatic carbocycles. The summed E-state index contributed by atoms with van der Waals surface area (Å²) in [4.78, 5) is 13.8. The van der Waals surface area contributed by atoms with Crippen LogP contribution in [0.4, 0.5) is 5.95 Å². The van der Waals surface area contributed by atoms with Crippen LogP contribution >= 0.6 is 0 Å². The zero-order chi connectivity index (χ0) is 14.5. The van der Waals surface area contributed by atoms with E-state index in [4.69, 9.17) is 5.73 Å². The standard InChI is InChI=1S/C15H27N5/c1-4-19(5-2)14-6-7-20(11-14)15-17-9-13(10-18-15)8-12(3)16/h9-10,12,14H,4-8,11,16H2,1-3H3. The Labute approximate surface area is 122 Å². The predicted molar refractivity (Wildman–Crippen MR) is 82.9 cm³/mol. The van der Waals surface area contributed by atoms with Crippen LogP contribution < -0.4 is 10.6 Å². The number of likely N-dealkylation sites (N-methyl/N-ethyl adjacent to an activating group) is 1. The van der Waals surface area contributed by atoms with E-state index in [-0.39, 0.29) is 6.04 Å². The van der Waals surface area contributed by atoms with Crippen molar-refractivity contribution in [3.8, 4) is 0 Å². The van der Waals surface area contributed by atoms with Gasteiger partial charge in [-0.15, -0.1) is 0 Å². The molecular formula is C15H27N5. The summed E-state index contributed by atoms with van der Waals surface area (Å²) in [6.45, 7) is 10.8. The van der Waals surface area contributed by atoms with E-state index in [0.717, 1.165) is 44.1 Å². The Morgan fingerprint density at radius 2 is 2.00 bits per heavy atom. The van der Waals surface area contributed by atoms with Gasteiger partial charge < -0.3 is 10.6 Å². The van der Waals surface area contributed by atoms with Gasteiger partial charge >= 0.3 is 0 Å². The SMILES string of the molecule is CCN(CC)C1CCN(c2ncc(CC(C)N)cn2)C1. The first kappa shape index (κ1) is 15.2. The third-order valence-electron chi connectivity index (χ3n) is 4.02. The third kappa shape index (κ3) is 3.67. The Kier molecular flexibility index (Phi) is 5.31. The Morgan fingerprint density at radius 3 is 2.55 bits per heavy atom. The molecule has 2 atom stereocenters. The van der Waals surface area contributed by atoms with Crippen molar-refractivity contribution in [2.45, 2.75) is 45.7 Å². The molecule has 1 aromatic rings. The van der Waals surface area contributed by atoms with Gasteiger partial charge in [0.25, 0.3) is 0 Å². The first-order chi connectivity index (χ1) is 9.63. The minimum Gasteiger partial charge on any atom is -0.339 e. The molecule has 0 aliphatic carbocycles. The van der Waals surface area contributed by atoms with Crippen molar-refractivity contribution in [3.05, 3.63) is 18.0 Å². The first-order valence-electron chi connectivity index (χ1n) is 7.69. The molecule has 2 N–H and O–H groups in total. The van der Waals surface area contributed by atoms with Gasteiger partial charge in [0, 0.05) is 37.6 Å². The highest BCUT2D eigenvalue weighted by atomic mass is 15.3. The smallest absolute Gasteiger partial charge is 0.225 e. The van der Waals surface area contributed by atoms with Gasteiger partial charge in [0.15, 0.2) is 0 Å². The molecule has 0 spiro atoms. The van der Waals surface area contributed by atoms with E-state index in [1.165, 1.54) is 6.42 Å². The maximum Gasteiger partial charge on any atom is 0.225 e. The number of anilines is 1. The summed E-state index contributed by atoms with van der Waals surface area (Å²) in [5.41, 5.74) is 6.91. The molecule has 20 heavy (non-hydrogen) atoms. The Hall–Kier alpha value is -1.20. The highest BCUT2D eigenvalue weighted by Gasteiger charge is 2.27. The minimum atomic E-state index is 0.156. The molecule has 1 aliphatic rings. The van der Waals surface area contributed by atoms with Gasteiger partial charge in [0.1, 0.15) is 0 Å². The number of nitrogens with two attached hydrogens (primary N) is 1. The maximum absolute atomic E-state index is 5.80. The summed E-state index contributed by atoms with van der Waals surface area (Å²) in [6.07, 6.45) is 5.86. The van der Waals surface area contributed by atoms with E-state index in [2.05, 4.69) is 33.6 Å². The van der Waals surface area contributed by atoms with E-state index >= 15 is 0 Å². The van der Waals surface area contributed by atoms with Crippen molar-refractivity contribution in [1.82, 2.24) is 14.9 Å². The quantitative estimate of drug-likeness (QED) is 0.849. The van der Waals surface area contributed by atoms with E-state index in [1.807, 2.05) is 19.3 Å². The van der Waals surface area contributed by atoms with Crippen LogP contribution in [0.3, 0.4) is 0 Å². The van der Waals surface area contributed by atoms with Crippen molar-refractivity contribution in [3.63, 3.8) is 0 Å². The van der Waals surface area contributed by atoms with E-state index in [1.54, 1.807) is 0 Å². The predicted octanol–water partition coefficient (Wildman–Crippen LogP) is 1.29. The van der Waals surface area contributed by atoms with Crippen LogP contribution in [-0.2, 0) is 6.42 Å². The molecule has 0 bridgehead atoms. The molecule has 1 aliphatic heterocycles. The summed E-state index contributed by atoms with van der Waals surface area (Å²) in [5.74, 6) is 0.855. The minimum absolute atomic E-state index is 0.156. The lowest BCUT2D eigenvalue weighted by molar-refractivity contribution is 0.232. The topological polar surface area (TPSA) is 58.3 Å². The first-order valence-corrected chi connectivity index (χ1v) is 7.69. The monoisotopic (exact) mass is 277 g/mol. The Balaban J connectivity index is 1.96. The van der Waals surface area contributed by atoms with Gasteiger partial charge in [-0.2, -0.15) is 0 Å². The Bertz CT molecular complexity index is 399. The second-order valence-corrected chi connectivity index (χ2v) is 5.68. The van der Waals surface area contributed by atoms with Crippen LogP contribution in [-0.4, -0.2) is 53.1 Å². The summed E-state index contributed by atoms with van der Waals surface area (Å²) in [6, 6.07) is 0.792. The molecule has 2 heterocycles. The van der Waals surface area contributed by atoms with Crippen LogP contribution in [0.5, 0.6) is 0 Å². The fourth-order valence-corrected chi connectivity index (χ4v) is 2.95. The molecule has 2 unspecified atom stereocenters. The Morgan fingerprint density at radius 1 is 1.35 bits per heavy atom. The van der Waals surface area contributed by atoms with Crippen molar-refractivity contribution < 1.29 is 0 Å². The van der Waals surface area contributed by atoms with Crippen molar-refractivity contribution in [2.24, 2.45) is 5.73 Å². The lowest BCUT2D eigenvalue weighted by atomic mass is 10.1. The normalized spacial score (nSPS) is 20.6. The molecule has 1 aromatic heterocycles. The van der Waals surface area contributed by atoms with Gasteiger partial charge in [0.2, 0.25) is 5.95 Å². The zero-order valence-corrected chi connectivity index (χ0v) is 12.9. The number of nitrogens with zero attached hydrogens (tertiary/aromatic N) is 4. The molecule has 2 rings (SSSR count). The van der Waals surface area contributed by atoms with E-state index in [9.17, 15) is 0 Å². The molecule has 0 radical (unpaired) electrons. The lowest BCUT2D eigenvalue weighted by Gasteiger charge is -2.26. The average Bonchev–Trinajstić information content (AvgIpc) is 2.90. The van der Waals surface area contributed by atoms with Crippen LogP contribution in [0.1, 0.15) is 32.8 Å². The maximum atomic E-state index is 5.80. The van der Waals surface area contributed by atoms with Crippen LogP contribution in [0.15, 0.2) is 12.4 Å². The van der Waals surface area contributed by atoms with Crippen LogP contribution in [0.2, 0.25) is 0 Å². The van der Waals surface area contributed by atoms with Gasteiger partial charge in [0.05, 0.1) is 0 Å². The molecular weight excluding hydrogens is 250 g/mol. The van der Waals surface area contributed by atoms with Gasteiger partial charge in [-0.05, 0) is 38.4 Å². The number of hydrogen-bond acceptors (Lipinski definition) is 5. The summed E-state index contributed by atoms with van der Waals surface area (Å²) >= 11 is 0. The molecule has 112 valence electrons. The molecule has 5 heteroatoms. The van der Waals surface area contributed by atoms with Crippen molar-refractivity contribution in [2.75, 3.05) is 31.1 Å². The van der Waals surface area contributed by atoms with Crippen LogP contribution in [0, 0.1) is 0 Å². The summed E-state index contributed by atoms with van der Waals surface area (Å²) < 4.78 is 0. The number of rotatable bonds is 6. The zero-order valence-electron chi connectivity index (χ0n) is 12.9. The third-order valence-corrected chi connectivity index (χ3v) is 4.02. The van der Waals surface area contributed by atoms with E-state index < -0.39 is 0 Å². The fraction of sp³-hybridized carbons (Fsp3) is 0.733. The van der Waals surface area contributed by atoms with Crippen molar-refractivity contribution >= 4 is 5.95 Å². The van der Waals surface area contributed by atoms with Gasteiger partial charge in [-0.1, -0.05) is 13.8 Å². The van der Waals surface area contributed by atoms with Crippen LogP contribution in [0.25, 0.3) is 0 Å².